The Labute approximate surface area is 171 Å². The molecule has 2 fully saturated rings. The maximum absolute atomic E-state index is 13.4. The minimum absolute atomic E-state index is 0.0775. The van der Waals surface area contributed by atoms with E-state index in [0.717, 1.165) is 24.8 Å². The lowest BCUT2D eigenvalue weighted by molar-refractivity contribution is -0.132. The van der Waals surface area contributed by atoms with E-state index in [9.17, 15) is 14.7 Å². The van der Waals surface area contributed by atoms with Crippen LogP contribution in [0.1, 0.15) is 50.3 Å². The van der Waals surface area contributed by atoms with E-state index >= 15 is 0 Å². The van der Waals surface area contributed by atoms with Crippen LogP contribution in [0.4, 0.5) is 0 Å². The molecule has 2 heterocycles. The fraction of sp³-hybridized carbons (Fsp3) is 0.476. The fourth-order valence-electron chi connectivity index (χ4n) is 4.53. The molecule has 7 nitrogen and oxygen atoms in total. The SMILES string of the molecule is Cc1onc2c1c(=O)n(C1CCCC(NC(=O)C3(O)CC3)C1)c1cccc(Cl)c21. The molecule has 0 saturated heterocycles. The summed E-state index contributed by atoms with van der Waals surface area (Å²) in [5.74, 6) is 0.172. The normalized spacial score (nSPS) is 23.4. The van der Waals surface area contributed by atoms with E-state index in [-0.39, 0.29) is 23.6 Å². The molecule has 2 aliphatic carbocycles. The maximum Gasteiger partial charge on any atom is 0.264 e. The van der Waals surface area contributed by atoms with Crippen molar-refractivity contribution in [1.29, 1.82) is 0 Å². The molecule has 0 bridgehead atoms. The second-order valence-electron chi connectivity index (χ2n) is 8.29. The van der Waals surface area contributed by atoms with Crippen LogP contribution < -0.4 is 10.9 Å². The number of fused-ring (bicyclic) bond motifs is 3. The molecule has 0 radical (unpaired) electrons. The minimum atomic E-state index is -1.19. The molecule has 8 heteroatoms. The quantitative estimate of drug-likeness (QED) is 0.684. The van der Waals surface area contributed by atoms with E-state index < -0.39 is 5.60 Å². The molecule has 2 atom stereocenters. The summed E-state index contributed by atoms with van der Waals surface area (Å²) < 4.78 is 7.10. The molecule has 0 spiro atoms. The molecule has 2 aromatic heterocycles. The molecule has 2 unspecified atom stereocenters. The Balaban J connectivity index is 1.59. The van der Waals surface area contributed by atoms with Crippen molar-refractivity contribution in [3.63, 3.8) is 0 Å². The highest BCUT2D eigenvalue weighted by molar-refractivity contribution is 6.37. The van der Waals surface area contributed by atoms with Crippen LogP contribution in [0.3, 0.4) is 0 Å². The molecule has 0 aliphatic heterocycles. The topological polar surface area (TPSA) is 97.4 Å². The lowest BCUT2D eigenvalue weighted by Crippen LogP contribution is -2.45. The highest BCUT2D eigenvalue weighted by atomic mass is 35.5. The van der Waals surface area contributed by atoms with Gasteiger partial charge in [0, 0.05) is 17.5 Å². The Bertz CT molecular complexity index is 1190. The first-order valence-electron chi connectivity index (χ1n) is 10.0. The van der Waals surface area contributed by atoms with Gasteiger partial charge in [0.15, 0.2) is 0 Å². The van der Waals surface area contributed by atoms with Gasteiger partial charge in [-0.3, -0.25) is 9.59 Å². The maximum atomic E-state index is 13.4. The molecule has 2 aliphatic rings. The van der Waals surface area contributed by atoms with Gasteiger partial charge in [0.1, 0.15) is 22.3 Å². The van der Waals surface area contributed by atoms with Gasteiger partial charge in [0.25, 0.3) is 11.5 Å². The average molecular weight is 416 g/mol. The van der Waals surface area contributed by atoms with Gasteiger partial charge >= 0.3 is 0 Å². The Hall–Kier alpha value is -2.38. The number of pyridine rings is 1. The number of halogens is 1. The third kappa shape index (κ3) is 2.95. The summed E-state index contributed by atoms with van der Waals surface area (Å²) >= 11 is 6.48. The van der Waals surface area contributed by atoms with Gasteiger partial charge in [-0.15, -0.1) is 0 Å². The number of amides is 1. The molecule has 29 heavy (non-hydrogen) atoms. The van der Waals surface area contributed by atoms with Crippen molar-refractivity contribution in [1.82, 2.24) is 15.0 Å². The Morgan fingerprint density at radius 2 is 2.14 bits per heavy atom. The summed E-state index contributed by atoms with van der Waals surface area (Å²) in [5.41, 5.74) is -0.129. The van der Waals surface area contributed by atoms with Crippen molar-refractivity contribution in [3.8, 4) is 0 Å². The smallest absolute Gasteiger partial charge is 0.264 e. The van der Waals surface area contributed by atoms with Gasteiger partial charge < -0.3 is 19.5 Å². The third-order valence-electron chi connectivity index (χ3n) is 6.28. The number of benzene rings is 1. The number of hydrogen-bond donors (Lipinski definition) is 2. The van der Waals surface area contributed by atoms with Gasteiger partial charge in [-0.2, -0.15) is 0 Å². The number of hydrogen-bond acceptors (Lipinski definition) is 5. The number of aromatic nitrogens is 2. The van der Waals surface area contributed by atoms with Gasteiger partial charge in [0.05, 0.1) is 10.5 Å². The van der Waals surface area contributed by atoms with Crippen LogP contribution in [0, 0.1) is 6.92 Å². The number of carbonyl (C=O) groups is 1. The number of nitrogens with zero attached hydrogens (tertiary/aromatic N) is 2. The average Bonchev–Trinajstić information content (AvgIpc) is 3.33. The van der Waals surface area contributed by atoms with Crippen LogP contribution in [0.15, 0.2) is 27.5 Å². The predicted octanol–water partition coefficient (Wildman–Crippen LogP) is 3.23. The fourth-order valence-corrected chi connectivity index (χ4v) is 4.79. The van der Waals surface area contributed by atoms with Gasteiger partial charge in [-0.05, 0) is 57.6 Å². The number of aliphatic hydroxyl groups is 1. The zero-order valence-corrected chi connectivity index (χ0v) is 16.8. The summed E-state index contributed by atoms with van der Waals surface area (Å²) in [7, 11) is 0. The lowest BCUT2D eigenvalue weighted by atomic mass is 9.90. The predicted molar refractivity (Wildman–Crippen MR) is 109 cm³/mol. The molecule has 5 rings (SSSR count). The number of rotatable bonds is 3. The zero-order chi connectivity index (χ0) is 20.3. The van der Waals surface area contributed by atoms with Crippen LogP contribution >= 0.6 is 11.6 Å². The largest absolute Gasteiger partial charge is 0.380 e. The Kier molecular flexibility index (Phi) is 4.22. The van der Waals surface area contributed by atoms with E-state index in [1.807, 2.05) is 12.1 Å². The second-order valence-corrected chi connectivity index (χ2v) is 8.70. The molecule has 152 valence electrons. The van der Waals surface area contributed by atoms with Crippen molar-refractivity contribution < 1.29 is 14.4 Å². The summed E-state index contributed by atoms with van der Waals surface area (Å²) in [6, 6.07) is 5.31. The standard InChI is InChI=1S/C21H22ClN3O4/c1-11-16-18(24-29-11)17-14(22)6-3-7-15(17)25(19(16)26)13-5-2-4-12(10-13)23-20(27)21(28)8-9-21/h3,6-7,12-13,28H,2,4-5,8-10H2,1H3,(H,23,27). The molecule has 3 aromatic rings. The van der Waals surface area contributed by atoms with E-state index in [2.05, 4.69) is 10.5 Å². The Morgan fingerprint density at radius 3 is 2.90 bits per heavy atom. The molecule has 2 N–H and O–H groups in total. The summed E-state index contributed by atoms with van der Waals surface area (Å²) in [6.45, 7) is 1.73. The summed E-state index contributed by atoms with van der Waals surface area (Å²) in [5, 5.41) is 18.8. The first kappa shape index (κ1) is 18.6. The third-order valence-corrected chi connectivity index (χ3v) is 6.59. The number of aryl methyl sites for hydroxylation is 1. The van der Waals surface area contributed by atoms with Crippen LogP contribution in [-0.2, 0) is 4.79 Å². The first-order valence-corrected chi connectivity index (χ1v) is 10.4. The highest BCUT2D eigenvalue weighted by Crippen LogP contribution is 2.37. The van der Waals surface area contributed by atoms with Crippen LogP contribution in [0.2, 0.25) is 5.02 Å². The van der Waals surface area contributed by atoms with E-state index in [1.165, 1.54) is 0 Å². The second kappa shape index (κ2) is 6.57. The van der Waals surface area contributed by atoms with Crippen LogP contribution in [-0.4, -0.2) is 32.4 Å². The van der Waals surface area contributed by atoms with Crippen molar-refractivity contribution in [2.45, 2.75) is 63.1 Å². The molecular weight excluding hydrogens is 394 g/mol. The summed E-state index contributed by atoms with van der Waals surface area (Å²) in [4.78, 5) is 25.7. The lowest BCUT2D eigenvalue weighted by Gasteiger charge is -2.32. The first-order chi connectivity index (χ1) is 13.9. The van der Waals surface area contributed by atoms with E-state index in [0.29, 0.717) is 46.3 Å². The molecule has 1 aromatic carbocycles. The van der Waals surface area contributed by atoms with Crippen LogP contribution in [0.25, 0.3) is 21.8 Å². The summed E-state index contributed by atoms with van der Waals surface area (Å²) in [6.07, 6.45) is 4.19. The van der Waals surface area contributed by atoms with E-state index in [1.54, 1.807) is 17.6 Å². The molecular formula is C21H22ClN3O4. The van der Waals surface area contributed by atoms with E-state index in [4.69, 9.17) is 16.1 Å². The number of carbonyl (C=O) groups excluding carboxylic acids is 1. The van der Waals surface area contributed by atoms with Crippen molar-refractivity contribution in [2.75, 3.05) is 0 Å². The van der Waals surface area contributed by atoms with Gasteiger partial charge in [-0.25, -0.2) is 0 Å². The minimum Gasteiger partial charge on any atom is -0.380 e. The van der Waals surface area contributed by atoms with Crippen molar-refractivity contribution >= 4 is 39.3 Å². The highest BCUT2D eigenvalue weighted by Gasteiger charge is 2.48. The molecule has 2 saturated carbocycles. The van der Waals surface area contributed by atoms with Crippen molar-refractivity contribution in [3.05, 3.63) is 39.3 Å². The zero-order valence-electron chi connectivity index (χ0n) is 16.1. The van der Waals surface area contributed by atoms with Crippen LogP contribution in [0.5, 0.6) is 0 Å². The van der Waals surface area contributed by atoms with Crippen molar-refractivity contribution in [2.24, 2.45) is 0 Å². The number of nitrogens with one attached hydrogen (secondary N) is 1. The Morgan fingerprint density at radius 1 is 1.34 bits per heavy atom. The monoisotopic (exact) mass is 415 g/mol. The van der Waals surface area contributed by atoms with Gasteiger partial charge in [0.2, 0.25) is 0 Å². The van der Waals surface area contributed by atoms with Gasteiger partial charge in [-0.1, -0.05) is 22.8 Å². The molecule has 1 amide bonds.